The van der Waals surface area contributed by atoms with Crippen LogP contribution in [-0.4, -0.2) is 37.5 Å². The molecule has 0 aromatic heterocycles. The van der Waals surface area contributed by atoms with Gasteiger partial charge in [0.25, 0.3) is 0 Å². The van der Waals surface area contributed by atoms with E-state index < -0.39 is 12.0 Å². The highest BCUT2D eigenvalue weighted by Gasteiger charge is 2.20. The van der Waals surface area contributed by atoms with Crippen molar-refractivity contribution in [3.05, 3.63) is 0 Å². The van der Waals surface area contributed by atoms with E-state index >= 15 is 0 Å². The Balaban J connectivity index is 4.08. The minimum Gasteiger partial charge on any atom is -0.467 e. The van der Waals surface area contributed by atoms with Gasteiger partial charge in [0.15, 0.2) is 0 Å². The Morgan fingerprint density at radius 3 is 2.20 bits per heavy atom. The number of hydrogen-bond donors (Lipinski definition) is 2. The molecule has 0 fully saturated rings. The van der Waals surface area contributed by atoms with Gasteiger partial charge in [0, 0.05) is 19.4 Å². The van der Waals surface area contributed by atoms with Crippen molar-refractivity contribution < 1.29 is 19.1 Å². The zero-order valence-corrected chi connectivity index (χ0v) is 12.7. The third-order valence-corrected chi connectivity index (χ3v) is 2.77. The summed E-state index contributed by atoms with van der Waals surface area (Å²) < 4.78 is 4.67. The third kappa shape index (κ3) is 8.50. The van der Waals surface area contributed by atoms with Crippen LogP contribution >= 0.6 is 0 Å². The van der Waals surface area contributed by atoms with Crippen LogP contribution in [-0.2, 0) is 19.1 Å². The summed E-state index contributed by atoms with van der Waals surface area (Å²) in [5, 5.41) is 5.43. The van der Waals surface area contributed by atoms with Crippen molar-refractivity contribution in [3.8, 4) is 0 Å². The number of carbonyl (C=O) groups is 3. The van der Waals surface area contributed by atoms with Crippen LogP contribution < -0.4 is 10.6 Å². The Morgan fingerprint density at radius 1 is 1.05 bits per heavy atom. The molecule has 0 unspecified atom stereocenters. The molecule has 0 rings (SSSR count). The van der Waals surface area contributed by atoms with Crippen LogP contribution in [0.2, 0.25) is 0 Å². The number of hydrogen-bond acceptors (Lipinski definition) is 4. The predicted molar refractivity (Wildman–Crippen MR) is 76.0 cm³/mol. The van der Waals surface area contributed by atoms with Crippen molar-refractivity contribution in [1.82, 2.24) is 10.6 Å². The maximum Gasteiger partial charge on any atom is 0.328 e. The smallest absolute Gasteiger partial charge is 0.328 e. The van der Waals surface area contributed by atoms with E-state index in [2.05, 4.69) is 15.4 Å². The van der Waals surface area contributed by atoms with Gasteiger partial charge in [-0.3, -0.25) is 9.59 Å². The fourth-order valence-corrected chi connectivity index (χ4v) is 1.73. The van der Waals surface area contributed by atoms with Crippen molar-refractivity contribution in [2.24, 2.45) is 0 Å². The number of methoxy groups -OCH3 is 1. The summed E-state index contributed by atoms with van der Waals surface area (Å²) >= 11 is 0. The molecule has 20 heavy (non-hydrogen) atoms. The molecule has 0 aliphatic heterocycles. The minimum absolute atomic E-state index is 0.0112. The van der Waals surface area contributed by atoms with Gasteiger partial charge in [0.1, 0.15) is 6.04 Å². The Hall–Kier alpha value is -1.59. The number of rotatable bonds is 10. The molecule has 6 nitrogen and oxygen atoms in total. The maximum atomic E-state index is 11.6. The summed E-state index contributed by atoms with van der Waals surface area (Å²) in [5.74, 6) is -0.593. The van der Waals surface area contributed by atoms with E-state index in [1.807, 2.05) is 13.8 Å². The molecular formula is C14H26N2O4. The van der Waals surface area contributed by atoms with Gasteiger partial charge in [-0.15, -0.1) is 0 Å². The summed E-state index contributed by atoms with van der Waals surface area (Å²) in [6.07, 6.45) is 3.50. The van der Waals surface area contributed by atoms with Gasteiger partial charge in [-0.1, -0.05) is 13.8 Å². The second kappa shape index (κ2) is 11.3. The van der Waals surface area contributed by atoms with Crippen LogP contribution in [0.15, 0.2) is 0 Å². The van der Waals surface area contributed by atoms with Crippen molar-refractivity contribution in [3.63, 3.8) is 0 Å². The fourth-order valence-electron chi connectivity index (χ4n) is 1.73. The van der Waals surface area contributed by atoms with E-state index in [9.17, 15) is 14.4 Å². The summed E-state index contributed by atoms with van der Waals surface area (Å²) in [5.41, 5.74) is 0. The molecule has 0 saturated carbocycles. The molecule has 0 bridgehead atoms. The van der Waals surface area contributed by atoms with E-state index in [-0.39, 0.29) is 11.8 Å². The Morgan fingerprint density at radius 2 is 1.65 bits per heavy atom. The normalized spacial score (nSPS) is 11.6. The van der Waals surface area contributed by atoms with Gasteiger partial charge in [-0.25, -0.2) is 4.79 Å². The van der Waals surface area contributed by atoms with Crippen LogP contribution in [0.3, 0.4) is 0 Å². The van der Waals surface area contributed by atoms with E-state index in [4.69, 9.17) is 0 Å². The average Bonchev–Trinajstić information content (AvgIpc) is 2.42. The molecule has 116 valence electrons. The van der Waals surface area contributed by atoms with E-state index in [0.29, 0.717) is 32.2 Å². The molecule has 0 aliphatic carbocycles. The Kier molecular flexibility index (Phi) is 10.4. The van der Waals surface area contributed by atoms with Gasteiger partial charge < -0.3 is 15.4 Å². The molecule has 0 radical (unpaired) electrons. The first-order valence-corrected chi connectivity index (χ1v) is 7.19. The molecule has 0 spiro atoms. The van der Waals surface area contributed by atoms with E-state index in [1.165, 1.54) is 7.11 Å². The first-order chi connectivity index (χ1) is 9.54. The maximum absolute atomic E-state index is 11.6. The van der Waals surface area contributed by atoms with Crippen LogP contribution in [0.1, 0.15) is 52.4 Å². The topological polar surface area (TPSA) is 84.5 Å². The molecule has 0 aromatic carbocycles. The number of nitrogens with one attached hydrogen (secondary N) is 2. The molecule has 2 amide bonds. The van der Waals surface area contributed by atoms with Crippen LogP contribution in [0.4, 0.5) is 0 Å². The highest BCUT2D eigenvalue weighted by atomic mass is 16.5. The highest BCUT2D eigenvalue weighted by Crippen LogP contribution is 2.01. The summed E-state index contributed by atoms with van der Waals surface area (Å²) in [6.45, 7) is 4.34. The average molecular weight is 286 g/mol. The fraction of sp³-hybridized carbons (Fsp3) is 0.786. The van der Waals surface area contributed by atoms with Crippen molar-refractivity contribution in [2.45, 2.75) is 58.4 Å². The Bertz CT molecular complexity index is 318. The second-order valence-corrected chi connectivity index (χ2v) is 4.64. The number of ether oxygens (including phenoxy) is 1. The van der Waals surface area contributed by atoms with E-state index in [0.717, 1.165) is 12.8 Å². The third-order valence-electron chi connectivity index (χ3n) is 2.77. The molecule has 0 aliphatic rings. The number of esters is 1. The zero-order chi connectivity index (χ0) is 15.4. The van der Waals surface area contributed by atoms with Gasteiger partial charge in [-0.2, -0.15) is 0 Å². The monoisotopic (exact) mass is 286 g/mol. The molecule has 0 aromatic rings. The molecular weight excluding hydrogens is 260 g/mol. The lowest BCUT2D eigenvalue weighted by atomic mass is 10.1. The van der Waals surface area contributed by atoms with Gasteiger partial charge in [0.2, 0.25) is 11.8 Å². The number of carbonyl (C=O) groups excluding carboxylic acids is 3. The second-order valence-electron chi connectivity index (χ2n) is 4.64. The van der Waals surface area contributed by atoms with Gasteiger partial charge in [0.05, 0.1) is 7.11 Å². The SMILES string of the molecule is CCCC(=O)NCCC[C@H](NC(=O)CCC)C(=O)OC. The van der Waals surface area contributed by atoms with E-state index in [1.54, 1.807) is 0 Å². The molecule has 1 atom stereocenters. The molecule has 6 heteroatoms. The van der Waals surface area contributed by atoms with Crippen molar-refractivity contribution >= 4 is 17.8 Å². The predicted octanol–water partition coefficient (Wildman–Crippen LogP) is 1.14. The zero-order valence-electron chi connectivity index (χ0n) is 12.7. The van der Waals surface area contributed by atoms with Gasteiger partial charge in [-0.05, 0) is 25.7 Å². The Labute approximate surface area is 120 Å². The lowest BCUT2D eigenvalue weighted by Crippen LogP contribution is -2.41. The molecule has 0 saturated heterocycles. The standard InChI is InChI=1S/C14H26N2O4/c1-4-7-12(17)15-10-6-9-11(14(19)20-3)16-13(18)8-5-2/h11H,4-10H2,1-3H3,(H,15,17)(H,16,18)/t11-/m0/s1. The van der Waals surface area contributed by atoms with Gasteiger partial charge >= 0.3 is 5.97 Å². The summed E-state index contributed by atoms with van der Waals surface area (Å²) in [6, 6.07) is -0.637. The van der Waals surface area contributed by atoms with Crippen LogP contribution in [0.5, 0.6) is 0 Å². The highest BCUT2D eigenvalue weighted by molar-refractivity contribution is 5.84. The van der Waals surface area contributed by atoms with Crippen molar-refractivity contribution in [2.75, 3.05) is 13.7 Å². The van der Waals surface area contributed by atoms with Crippen LogP contribution in [0.25, 0.3) is 0 Å². The lowest BCUT2D eigenvalue weighted by Gasteiger charge is -2.16. The quantitative estimate of drug-likeness (QED) is 0.466. The molecule has 2 N–H and O–H groups in total. The lowest BCUT2D eigenvalue weighted by molar-refractivity contribution is -0.145. The molecule has 0 heterocycles. The largest absolute Gasteiger partial charge is 0.467 e. The van der Waals surface area contributed by atoms with Crippen molar-refractivity contribution in [1.29, 1.82) is 0 Å². The minimum atomic E-state index is -0.637. The summed E-state index contributed by atoms with van der Waals surface area (Å²) in [7, 11) is 1.30. The first kappa shape index (κ1) is 18.4. The first-order valence-electron chi connectivity index (χ1n) is 7.19. The summed E-state index contributed by atoms with van der Waals surface area (Å²) in [4.78, 5) is 34.3. The van der Waals surface area contributed by atoms with Crippen LogP contribution in [0, 0.1) is 0 Å². The number of amides is 2.